The third-order valence-corrected chi connectivity index (χ3v) is 4.77. The number of anilines is 3. The Morgan fingerprint density at radius 3 is 2.75 bits per heavy atom. The highest BCUT2D eigenvalue weighted by Crippen LogP contribution is 2.22. The number of thiazole rings is 1. The molecule has 0 saturated carbocycles. The first-order chi connectivity index (χ1) is 13.4. The number of nitrogens with zero attached hydrogens (tertiary/aromatic N) is 3. The van der Waals surface area contributed by atoms with Gasteiger partial charge in [0.1, 0.15) is 0 Å². The topological polar surface area (TPSA) is 93.4 Å². The summed E-state index contributed by atoms with van der Waals surface area (Å²) in [7, 11) is 3.83. The number of carbonyl (C=O) groups is 1. The number of pyridine rings is 1. The highest BCUT2D eigenvalue weighted by atomic mass is 32.1. The molecule has 0 unspecified atom stereocenters. The van der Waals surface area contributed by atoms with E-state index in [0.717, 1.165) is 16.9 Å². The third kappa shape index (κ3) is 4.98. The van der Waals surface area contributed by atoms with Crippen LogP contribution in [0.3, 0.4) is 0 Å². The molecule has 28 heavy (non-hydrogen) atoms. The number of rotatable bonds is 7. The number of hydrogen-bond donors (Lipinski definition) is 2. The van der Waals surface area contributed by atoms with E-state index in [1.54, 1.807) is 18.3 Å². The second-order valence-electron chi connectivity index (χ2n) is 6.53. The molecule has 2 heterocycles. The number of nitrogens with two attached hydrogens (primary N) is 1. The summed E-state index contributed by atoms with van der Waals surface area (Å²) in [6.45, 7) is 2.46. The van der Waals surface area contributed by atoms with Gasteiger partial charge in [0.2, 0.25) is 5.88 Å². The van der Waals surface area contributed by atoms with Gasteiger partial charge < -0.3 is 20.7 Å². The first kappa shape index (κ1) is 19.6. The fourth-order valence-corrected chi connectivity index (χ4v) is 3.24. The van der Waals surface area contributed by atoms with Gasteiger partial charge in [-0.3, -0.25) is 4.79 Å². The van der Waals surface area contributed by atoms with Crippen LogP contribution in [-0.2, 0) is 6.42 Å². The van der Waals surface area contributed by atoms with Crippen LogP contribution in [0.1, 0.15) is 21.6 Å². The molecular weight excluding hydrogens is 374 g/mol. The smallest absolute Gasteiger partial charge is 0.257 e. The van der Waals surface area contributed by atoms with Crippen LogP contribution < -0.4 is 20.7 Å². The van der Waals surface area contributed by atoms with Crippen molar-refractivity contribution in [1.29, 1.82) is 0 Å². The van der Waals surface area contributed by atoms with Crippen LogP contribution in [0.25, 0.3) is 0 Å². The molecule has 0 fully saturated rings. The second kappa shape index (κ2) is 8.71. The highest BCUT2D eigenvalue weighted by Gasteiger charge is 2.13. The number of hydrogen-bond acceptors (Lipinski definition) is 7. The van der Waals surface area contributed by atoms with Gasteiger partial charge in [0.05, 0.1) is 29.7 Å². The molecular formula is C20H23N5O2S. The SMILES string of the molecule is Cc1ccc(C(=O)Nc2ccc(OCCc3csc(N)n3)nc2)c(N(C)C)c1. The fourth-order valence-electron chi connectivity index (χ4n) is 2.64. The number of amides is 1. The normalized spacial score (nSPS) is 10.5. The van der Waals surface area contributed by atoms with Gasteiger partial charge in [-0.1, -0.05) is 6.07 Å². The maximum Gasteiger partial charge on any atom is 0.257 e. The molecule has 0 saturated heterocycles. The van der Waals surface area contributed by atoms with E-state index < -0.39 is 0 Å². The van der Waals surface area contributed by atoms with E-state index in [1.165, 1.54) is 11.3 Å². The van der Waals surface area contributed by atoms with Gasteiger partial charge in [-0.2, -0.15) is 0 Å². The van der Waals surface area contributed by atoms with Gasteiger partial charge in [0.15, 0.2) is 5.13 Å². The van der Waals surface area contributed by atoms with Crippen LogP contribution >= 0.6 is 11.3 Å². The molecule has 1 aromatic carbocycles. The Balaban J connectivity index is 1.59. The molecule has 2 aromatic heterocycles. The van der Waals surface area contributed by atoms with Crippen molar-refractivity contribution in [3.05, 3.63) is 58.7 Å². The second-order valence-corrected chi connectivity index (χ2v) is 7.42. The number of carbonyl (C=O) groups excluding carboxylic acids is 1. The number of aryl methyl sites for hydroxylation is 1. The summed E-state index contributed by atoms with van der Waals surface area (Å²) in [5.41, 5.74) is 9.70. The zero-order chi connectivity index (χ0) is 20.1. The number of ether oxygens (including phenoxy) is 1. The zero-order valence-corrected chi connectivity index (χ0v) is 16.9. The monoisotopic (exact) mass is 397 g/mol. The van der Waals surface area contributed by atoms with E-state index in [-0.39, 0.29) is 5.91 Å². The zero-order valence-electron chi connectivity index (χ0n) is 16.1. The van der Waals surface area contributed by atoms with Crippen LogP contribution in [0.15, 0.2) is 41.9 Å². The van der Waals surface area contributed by atoms with Crippen LogP contribution in [0.4, 0.5) is 16.5 Å². The molecule has 7 nitrogen and oxygen atoms in total. The summed E-state index contributed by atoms with van der Waals surface area (Å²) in [5, 5.41) is 5.35. The van der Waals surface area contributed by atoms with E-state index in [2.05, 4.69) is 15.3 Å². The van der Waals surface area contributed by atoms with E-state index in [4.69, 9.17) is 10.5 Å². The largest absolute Gasteiger partial charge is 0.477 e. The summed E-state index contributed by atoms with van der Waals surface area (Å²) in [4.78, 5) is 23.0. The first-order valence-corrected chi connectivity index (χ1v) is 9.68. The first-order valence-electron chi connectivity index (χ1n) is 8.80. The average Bonchev–Trinajstić information content (AvgIpc) is 3.08. The molecule has 0 aliphatic heterocycles. The van der Waals surface area contributed by atoms with Crippen LogP contribution in [0, 0.1) is 6.92 Å². The molecule has 0 aliphatic carbocycles. The van der Waals surface area contributed by atoms with Gasteiger partial charge >= 0.3 is 0 Å². The van der Waals surface area contributed by atoms with Gasteiger partial charge in [-0.25, -0.2) is 9.97 Å². The summed E-state index contributed by atoms with van der Waals surface area (Å²) >= 11 is 1.41. The Hall–Kier alpha value is -3.13. The van der Waals surface area contributed by atoms with E-state index in [0.29, 0.717) is 35.3 Å². The number of benzene rings is 1. The number of nitrogen functional groups attached to an aromatic ring is 1. The minimum atomic E-state index is -0.180. The molecule has 1 amide bonds. The molecule has 0 bridgehead atoms. The summed E-state index contributed by atoms with van der Waals surface area (Å²) in [5.74, 6) is 0.311. The van der Waals surface area contributed by atoms with E-state index in [1.807, 2.05) is 49.5 Å². The summed E-state index contributed by atoms with van der Waals surface area (Å²) < 4.78 is 5.62. The van der Waals surface area contributed by atoms with Crippen molar-refractivity contribution in [2.45, 2.75) is 13.3 Å². The fraction of sp³-hybridized carbons (Fsp3) is 0.250. The van der Waals surface area contributed by atoms with Gasteiger partial charge in [0, 0.05) is 37.6 Å². The van der Waals surface area contributed by atoms with Crippen molar-refractivity contribution in [2.75, 3.05) is 36.7 Å². The molecule has 3 rings (SSSR count). The molecule has 0 aliphatic rings. The lowest BCUT2D eigenvalue weighted by atomic mass is 10.1. The standard InChI is InChI=1S/C20H23N5O2S/c1-13-4-6-16(17(10-13)25(2)3)19(26)23-14-5-7-18(22-11-14)27-9-8-15-12-28-20(21)24-15/h4-7,10-12H,8-9H2,1-3H3,(H2,21,24)(H,23,26). The van der Waals surface area contributed by atoms with Gasteiger partial charge in [-0.05, 0) is 30.7 Å². The van der Waals surface area contributed by atoms with Crippen molar-refractivity contribution in [2.24, 2.45) is 0 Å². The molecule has 0 spiro atoms. The average molecular weight is 398 g/mol. The minimum absolute atomic E-state index is 0.180. The highest BCUT2D eigenvalue weighted by molar-refractivity contribution is 7.13. The Morgan fingerprint density at radius 1 is 1.29 bits per heavy atom. The maximum absolute atomic E-state index is 12.7. The predicted octanol–water partition coefficient (Wildman–Crippen LogP) is 3.37. The van der Waals surface area contributed by atoms with E-state index >= 15 is 0 Å². The van der Waals surface area contributed by atoms with Crippen molar-refractivity contribution < 1.29 is 9.53 Å². The van der Waals surface area contributed by atoms with Crippen LogP contribution in [-0.4, -0.2) is 36.6 Å². The van der Waals surface area contributed by atoms with Crippen LogP contribution in [0.5, 0.6) is 5.88 Å². The van der Waals surface area contributed by atoms with Crippen LogP contribution in [0.2, 0.25) is 0 Å². The number of aromatic nitrogens is 2. The Morgan fingerprint density at radius 2 is 2.11 bits per heavy atom. The van der Waals surface area contributed by atoms with E-state index in [9.17, 15) is 4.79 Å². The van der Waals surface area contributed by atoms with Crippen molar-refractivity contribution in [3.63, 3.8) is 0 Å². The lowest BCUT2D eigenvalue weighted by Gasteiger charge is -2.18. The predicted molar refractivity (Wildman–Crippen MR) is 113 cm³/mol. The van der Waals surface area contributed by atoms with Crippen molar-refractivity contribution >= 4 is 33.8 Å². The lowest BCUT2D eigenvalue weighted by molar-refractivity contribution is 0.102. The van der Waals surface area contributed by atoms with Crippen molar-refractivity contribution in [1.82, 2.24) is 9.97 Å². The molecule has 0 radical (unpaired) electrons. The van der Waals surface area contributed by atoms with Crippen molar-refractivity contribution in [3.8, 4) is 5.88 Å². The Bertz CT molecular complexity index is 953. The molecule has 146 valence electrons. The maximum atomic E-state index is 12.7. The molecule has 3 N–H and O–H groups in total. The molecule has 8 heteroatoms. The van der Waals surface area contributed by atoms with Gasteiger partial charge in [-0.15, -0.1) is 11.3 Å². The Kier molecular flexibility index (Phi) is 6.10. The molecule has 3 aromatic rings. The summed E-state index contributed by atoms with van der Waals surface area (Å²) in [6, 6.07) is 9.24. The van der Waals surface area contributed by atoms with Gasteiger partial charge in [0.25, 0.3) is 5.91 Å². The lowest BCUT2D eigenvalue weighted by Crippen LogP contribution is -2.18. The Labute approximate surface area is 168 Å². The summed E-state index contributed by atoms with van der Waals surface area (Å²) in [6.07, 6.45) is 2.24. The third-order valence-electron chi connectivity index (χ3n) is 4.05. The molecule has 0 atom stereocenters. The number of nitrogens with one attached hydrogen (secondary N) is 1. The quantitative estimate of drug-likeness (QED) is 0.635. The minimum Gasteiger partial charge on any atom is -0.477 e.